The van der Waals surface area contributed by atoms with E-state index in [1.54, 1.807) is 0 Å². The highest BCUT2D eigenvalue weighted by Gasteiger charge is 2.31. The van der Waals surface area contributed by atoms with Gasteiger partial charge in [-0.05, 0) is 41.0 Å². The zero-order valence-electron chi connectivity index (χ0n) is 14.2. The smallest absolute Gasteiger partial charge is 0.172 e. The SMILES string of the molecule is CN(C)[C@@H]1CCN(c2nccnc2N2CC[C@@H](N(C)C)C2)C1. The van der Waals surface area contributed by atoms with Gasteiger partial charge in [0.15, 0.2) is 11.6 Å². The van der Waals surface area contributed by atoms with Crippen LogP contribution in [0.5, 0.6) is 0 Å². The summed E-state index contributed by atoms with van der Waals surface area (Å²) < 4.78 is 0. The number of hydrogen-bond acceptors (Lipinski definition) is 6. The molecule has 0 spiro atoms. The lowest BCUT2D eigenvalue weighted by atomic mass is 10.2. The molecule has 2 atom stereocenters. The van der Waals surface area contributed by atoms with Crippen LogP contribution in [0.15, 0.2) is 12.4 Å². The van der Waals surface area contributed by atoms with Crippen molar-refractivity contribution in [1.82, 2.24) is 19.8 Å². The summed E-state index contributed by atoms with van der Waals surface area (Å²) in [6, 6.07) is 1.23. The summed E-state index contributed by atoms with van der Waals surface area (Å²) in [7, 11) is 8.64. The van der Waals surface area contributed by atoms with Gasteiger partial charge >= 0.3 is 0 Å². The Morgan fingerprint density at radius 2 is 1.23 bits per heavy atom. The van der Waals surface area contributed by atoms with E-state index < -0.39 is 0 Å². The minimum Gasteiger partial charge on any atom is -0.352 e. The van der Waals surface area contributed by atoms with Crippen molar-refractivity contribution in [2.45, 2.75) is 24.9 Å². The molecular formula is C16H28N6. The molecule has 1 aromatic rings. The molecule has 22 heavy (non-hydrogen) atoms. The Labute approximate surface area is 133 Å². The van der Waals surface area contributed by atoms with Crippen LogP contribution in [-0.4, -0.2) is 86.2 Å². The van der Waals surface area contributed by atoms with E-state index >= 15 is 0 Å². The quantitative estimate of drug-likeness (QED) is 0.818. The van der Waals surface area contributed by atoms with Crippen LogP contribution >= 0.6 is 0 Å². The highest BCUT2D eigenvalue weighted by molar-refractivity contribution is 5.63. The van der Waals surface area contributed by atoms with Crippen LogP contribution in [0.4, 0.5) is 11.6 Å². The minimum atomic E-state index is 0.614. The third-order valence-electron chi connectivity index (χ3n) is 5.05. The monoisotopic (exact) mass is 304 g/mol. The van der Waals surface area contributed by atoms with Crippen molar-refractivity contribution in [3.05, 3.63) is 12.4 Å². The van der Waals surface area contributed by atoms with E-state index in [4.69, 9.17) is 0 Å². The van der Waals surface area contributed by atoms with Gasteiger partial charge in [0.25, 0.3) is 0 Å². The van der Waals surface area contributed by atoms with Crippen LogP contribution in [0.2, 0.25) is 0 Å². The van der Waals surface area contributed by atoms with Gasteiger partial charge < -0.3 is 19.6 Å². The topological polar surface area (TPSA) is 38.7 Å². The molecule has 2 fully saturated rings. The normalized spacial score (nSPS) is 25.7. The first kappa shape index (κ1) is 15.5. The molecule has 2 aliphatic rings. The Kier molecular flexibility index (Phi) is 4.49. The molecule has 0 N–H and O–H groups in total. The Morgan fingerprint density at radius 1 is 0.818 bits per heavy atom. The van der Waals surface area contributed by atoms with Crippen LogP contribution in [0.1, 0.15) is 12.8 Å². The Bertz CT molecular complexity index is 458. The fraction of sp³-hybridized carbons (Fsp3) is 0.750. The minimum absolute atomic E-state index is 0.614. The van der Waals surface area contributed by atoms with Crippen molar-refractivity contribution in [3.63, 3.8) is 0 Å². The lowest BCUT2D eigenvalue weighted by molar-refractivity contribution is 0.315. The summed E-state index contributed by atoms with van der Waals surface area (Å²) in [6.45, 7) is 4.23. The highest BCUT2D eigenvalue weighted by atomic mass is 15.3. The van der Waals surface area contributed by atoms with Crippen molar-refractivity contribution in [1.29, 1.82) is 0 Å². The molecule has 3 rings (SSSR count). The lowest BCUT2D eigenvalue weighted by Gasteiger charge is -2.26. The molecule has 0 unspecified atom stereocenters. The van der Waals surface area contributed by atoms with Crippen molar-refractivity contribution < 1.29 is 0 Å². The molecule has 0 saturated carbocycles. The molecule has 0 aliphatic carbocycles. The first-order chi connectivity index (χ1) is 10.6. The molecule has 0 radical (unpaired) electrons. The number of hydrogen-bond donors (Lipinski definition) is 0. The maximum absolute atomic E-state index is 4.66. The summed E-state index contributed by atoms with van der Waals surface area (Å²) >= 11 is 0. The van der Waals surface area contributed by atoms with Gasteiger partial charge in [0.1, 0.15) is 0 Å². The zero-order chi connectivity index (χ0) is 15.7. The predicted molar refractivity (Wildman–Crippen MR) is 90.6 cm³/mol. The summed E-state index contributed by atoms with van der Waals surface area (Å²) in [5.74, 6) is 2.12. The second kappa shape index (κ2) is 6.38. The number of nitrogens with zero attached hydrogens (tertiary/aromatic N) is 6. The summed E-state index contributed by atoms with van der Waals surface area (Å²) in [5, 5.41) is 0. The van der Waals surface area contributed by atoms with Crippen LogP contribution < -0.4 is 9.80 Å². The average molecular weight is 304 g/mol. The number of anilines is 2. The van der Waals surface area contributed by atoms with E-state index in [0.717, 1.165) is 37.8 Å². The largest absolute Gasteiger partial charge is 0.352 e. The summed E-state index contributed by atoms with van der Waals surface area (Å²) in [4.78, 5) is 18.7. The van der Waals surface area contributed by atoms with Gasteiger partial charge in [0, 0.05) is 50.7 Å². The first-order valence-corrected chi connectivity index (χ1v) is 8.20. The summed E-state index contributed by atoms with van der Waals surface area (Å²) in [6.07, 6.45) is 6.04. The molecule has 0 bridgehead atoms. The fourth-order valence-electron chi connectivity index (χ4n) is 3.48. The van der Waals surface area contributed by atoms with Gasteiger partial charge in [-0.25, -0.2) is 9.97 Å². The van der Waals surface area contributed by atoms with Gasteiger partial charge in [-0.3, -0.25) is 0 Å². The molecule has 6 heteroatoms. The van der Waals surface area contributed by atoms with E-state index in [9.17, 15) is 0 Å². The van der Waals surface area contributed by atoms with Crippen LogP contribution in [0.3, 0.4) is 0 Å². The molecule has 0 aromatic carbocycles. The van der Waals surface area contributed by atoms with Gasteiger partial charge in [-0.1, -0.05) is 0 Å². The van der Waals surface area contributed by atoms with E-state index in [2.05, 4.69) is 57.8 Å². The second-order valence-corrected chi connectivity index (χ2v) is 6.91. The molecule has 1 aromatic heterocycles. The van der Waals surface area contributed by atoms with Gasteiger partial charge in [-0.15, -0.1) is 0 Å². The highest BCUT2D eigenvalue weighted by Crippen LogP contribution is 2.30. The molecule has 2 saturated heterocycles. The third kappa shape index (κ3) is 3.03. The van der Waals surface area contributed by atoms with Crippen molar-refractivity contribution in [2.24, 2.45) is 0 Å². The summed E-state index contributed by atoms with van der Waals surface area (Å²) in [5.41, 5.74) is 0. The number of rotatable bonds is 4. The van der Waals surface area contributed by atoms with E-state index in [-0.39, 0.29) is 0 Å². The van der Waals surface area contributed by atoms with Gasteiger partial charge in [-0.2, -0.15) is 0 Å². The van der Waals surface area contributed by atoms with E-state index in [0.29, 0.717) is 12.1 Å². The zero-order valence-corrected chi connectivity index (χ0v) is 14.2. The van der Waals surface area contributed by atoms with Crippen LogP contribution in [0, 0.1) is 0 Å². The Balaban J connectivity index is 1.77. The van der Waals surface area contributed by atoms with Crippen LogP contribution in [-0.2, 0) is 0 Å². The van der Waals surface area contributed by atoms with E-state index in [1.807, 2.05) is 12.4 Å². The first-order valence-electron chi connectivity index (χ1n) is 8.20. The van der Waals surface area contributed by atoms with Gasteiger partial charge in [0.05, 0.1) is 0 Å². The average Bonchev–Trinajstić information content (AvgIpc) is 3.17. The lowest BCUT2D eigenvalue weighted by Crippen LogP contribution is -2.34. The Hall–Kier alpha value is -1.40. The predicted octanol–water partition coefficient (Wildman–Crippen LogP) is 0.757. The fourth-order valence-corrected chi connectivity index (χ4v) is 3.48. The Morgan fingerprint density at radius 3 is 1.55 bits per heavy atom. The molecule has 6 nitrogen and oxygen atoms in total. The standard InChI is InChI=1S/C16H28N6/c1-19(2)13-5-9-21(11-13)15-16(18-8-7-17-15)22-10-6-14(12-22)20(3)4/h7-8,13-14H,5-6,9-12H2,1-4H3/t13-,14-/m1/s1. The van der Waals surface area contributed by atoms with Crippen molar-refractivity contribution >= 4 is 11.6 Å². The third-order valence-corrected chi connectivity index (χ3v) is 5.05. The number of aromatic nitrogens is 2. The van der Waals surface area contributed by atoms with Gasteiger partial charge in [0.2, 0.25) is 0 Å². The molecular weight excluding hydrogens is 276 g/mol. The molecule has 3 heterocycles. The maximum atomic E-state index is 4.66. The number of likely N-dealkylation sites (N-methyl/N-ethyl adjacent to an activating group) is 2. The van der Waals surface area contributed by atoms with Crippen molar-refractivity contribution in [2.75, 3.05) is 64.2 Å². The van der Waals surface area contributed by atoms with Crippen LogP contribution in [0.25, 0.3) is 0 Å². The van der Waals surface area contributed by atoms with Crippen molar-refractivity contribution in [3.8, 4) is 0 Å². The maximum Gasteiger partial charge on any atom is 0.172 e. The second-order valence-electron chi connectivity index (χ2n) is 6.91. The molecule has 2 aliphatic heterocycles. The van der Waals surface area contributed by atoms with E-state index in [1.165, 1.54) is 12.8 Å². The molecule has 0 amide bonds. The molecule has 122 valence electrons.